The first-order valence-electron chi connectivity index (χ1n) is 13.1. The van der Waals surface area contributed by atoms with E-state index in [1.165, 1.54) is 0 Å². The third kappa shape index (κ3) is 5.98. The molecule has 38 heavy (non-hydrogen) atoms. The molecular formula is C32H39NO5. The fourth-order valence-electron chi connectivity index (χ4n) is 5.07. The zero-order valence-electron chi connectivity index (χ0n) is 23.1. The molecule has 3 aromatic carbocycles. The van der Waals surface area contributed by atoms with Gasteiger partial charge in [-0.2, -0.15) is 0 Å². The number of aromatic hydroxyl groups is 2. The summed E-state index contributed by atoms with van der Waals surface area (Å²) >= 11 is 0. The molecule has 0 spiro atoms. The first-order chi connectivity index (χ1) is 18.2. The zero-order chi connectivity index (χ0) is 27.4. The van der Waals surface area contributed by atoms with Crippen molar-refractivity contribution in [3.05, 3.63) is 83.4 Å². The average Bonchev–Trinajstić information content (AvgIpc) is 2.90. The summed E-state index contributed by atoms with van der Waals surface area (Å²) < 4.78 is 18.1. The molecular weight excluding hydrogens is 478 g/mol. The average molecular weight is 518 g/mol. The predicted molar refractivity (Wildman–Crippen MR) is 152 cm³/mol. The lowest BCUT2D eigenvalue weighted by molar-refractivity contribution is 0.0448. The lowest BCUT2D eigenvalue weighted by atomic mass is 9.86. The number of allylic oxidation sites excluding steroid dienone is 1. The van der Waals surface area contributed by atoms with Gasteiger partial charge in [-0.25, -0.2) is 0 Å². The van der Waals surface area contributed by atoms with E-state index in [9.17, 15) is 10.2 Å². The van der Waals surface area contributed by atoms with Crippen LogP contribution in [0.25, 0.3) is 11.1 Å². The van der Waals surface area contributed by atoms with E-state index in [0.29, 0.717) is 30.9 Å². The SMILES string of the molecule is COCC(C(C)C)N(C)[C@@H](C)COc1ccc(C2Oc3ccc(O)cc3C(C)=C2c2cccc(O)c2)cc1. The minimum Gasteiger partial charge on any atom is -0.508 e. The molecule has 1 aliphatic rings. The fraction of sp³-hybridized carbons (Fsp3) is 0.375. The molecule has 6 nitrogen and oxygen atoms in total. The van der Waals surface area contributed by atoms with Gasteiger partial charge in [-0.05, 0) is 86.0 Å². The van der Waals surface area contributed by atoms with Gasteiger partial charge in [0.25, 0.3) is 0 Å². The number of hydrogen-bond acceptors (Lipinski definition) is 6. The van der Waals surface area contributed by atoms with Gasteiger partial charge in [0.05, 0.1) is 6.61 Å². The van der Waals surface area contributed by atoms with Crippen LogP contribution in [0.1, 0.15) is 50.5 Å². The molecule has 0 aromatic heterocycles. The molecule has 1 aliphatic heterocycles. The van der Waals surface area contributed by atoms with Gasteiger partial charge < -0.3 is 24.4 Å². The molecule has 4 rings (SSSR count). The Labute approximate surface area is 226 Å². The van der Waals surface area contributed by atoms with Crippen LogP contribution in [0, 0.1) is 5.92 Å². The number of rotatable bonds is 10. The Bertz CT molecular complexity index is 1270. The quantitative estimate of drug-likeness (QED) is 0.319. The molecule has 0 bridgehead atoms. The van der Waals surface area contributed by atoms with Crippen LogP contribution in [0.4, 0.5) is 0 Å². The van der Waals surface area contributed by atoms with Gasteiger partial charge in [-0.3, -0.25) is 4.90 Å². The van der Waals surface area contributed by atoms with Crippen LogP contribution in [-0.2, 0) is 4.74 Å². The largest absolute Gasteiger partial charge is 0.508 e. The second-order valence-corrected chi connectivity index (χ2v) is 10.4. The highest BCUT2D eigenvalue weighted by atomic mass is 16.5. The molecule has 3 aromatic rings. The van der Waals surface area contributed by atoms with Gasteiger partial charge in [0.15, 0.2) is 0 Å². The Kier molecular flexibility index (Phi) is 8.65. The third-order valence-electron chi connectivity index (χ3n) is 7.43. The van der Waals surface area contributed by atoms with Gasteiger partial charge in [0.1, 0.15) is 35.7 Å². The minimum atomic E-state index is -0.381. The third-order valence-corrected chi connectivity index (χ3v) is 7.43. The van der Waals surface area contributed by atoms with Crippen molar-refractivity contribution in [3.8, 4) is 23.0 Å². The molecule has 0 aliphatic carbocycles. The lowest BCUT2D eigenvalue weighted by Crippen LogP contribution is -2.46. The first kappa shape index (κ1) is 27.6. The van der Waals surface area contributed by atoms with E-state index in [1.54, 1.807) is 37.4 Å². The number of fused-ring (bicyclic) bond motifs is 1. The van der Waals surface area contributed by atoms with E-state index in [2.05, 4.69) is 32.7 Å². The molecule has 3 atom stereocenters. The van der Waals surface area contributed by atoms with Gasteiger partial charge in [-0.1, -0.05) is 38.1 Å². The number of nitrogens with zero attached hydrogens (tertiary/aromatic N) is 1. The van der Waals surface area contributed by atoms with Crippen LogP contribution in [0.2, 0.25) is 0 Å². The molecule has 0 saturated heterocycles. The second kappa shape index (κ2) is 11.9. The van der Waals surface area contributed by atoms with Crippen molar-refractivity contribution in [2.24, 2.45) is 5.92 Å². The molecule has 202 valence electrons. The van der Waals surface area contributed by atoms with Crippen LogP contribution >= 0.6 is 0 Å². The van der Waals surface area contributed by atoms with Crippen molar-refractivity contribution >= 4 is 11.1 Å². The van der Waals surface area contributed by atoms with Crippen molar-refractivity contribution < 1.29 is 24.4 Å². The number of ether oxygens (including phenoxy) is 3. The summed E-state index contributed by atoms with van der Waals surface area (Å²) in [7, 11) is 3.86. The summed E-state index contributed by atoms with van der Waals surface area (Å²) in [4.78, 5) is 2.32. The summed E-state index contributed by atoms with van der Waals surface area (Å²) in [6.07, 6.45) is -0.381. The van der Waals surface area contributed by atoms with Crippen molar-refractivity contribution in [2.75, 3.05) is 27.4 Å². The van der Waals surface area contributed by atoms with Crippen molar-refractivity contribution in [2.45, 2.75) is 45.9 Å². The van der Waals surface area contributed by atoms with E-state index in [4.69, 9.17) is 14.2 Å². The molecule has 6 heteroatoms. The van der Waals surface area contributed by atoms with Gasteiger partial charge >= 0.3 is 0 Å². The molecule has 0 fully saturated rings. The normalized spacial score (nSPS) is 16.8. The maximum Gasteiger partial charge on any atom is 0.150 e. The second-order valence-electron chi connectivity index (χ2n) is 10.4. The molecule has 1 heterocycles. The van der Waals surface area contributed by atoms with Crippen molar-refractivity contribution in [1.82, 2.24) is 4.90 Å². The van der Waals surface area contributed by atoms with Crippen LogP contribution in [0.15, 0.2) is 66.7 Å². The Balaban J connectivity index is 1.56. The molecule has 0 amide bonds. The Hall–Kier alpha value is -3.48. The fourth-order valence-corrected chi connectivity index (χ4v) is 5.07. The Morgan fingerprint density at radius 1 is 0.921 bits per heavy atom. The number of hydrogen-bond donors (Lipinski definition) is 2. The Morgan fingerprint density at radius 2 is 1.63 bits per heavy atom. The smallest absolute Gasteiger partial charge is 0.150 e. The predicted octanol–water partition coefficient (Wildman–Crippen LogP) is 6.53. The van der Waals surface area contributed by atoms with Gasteiger partial charge in [0.2, 0.25) is 0 Å². The van der Waals surface area contributed by atoms with Gasteiger partial charge in [0, 0.05) is 30.3 Å². The first-order valence-corrected chi connectivity index (χ1v) is 13.1. The number of benzene rings is 3. The maximum absolute atomic E-state index is 10.2. The highest BCUT2D eigenvalue weighted by molar-refractivity contribution is 5.95. The summed E-state index contributed by atoms with van der Waals surface area (Å²) in [5.41, 5.74) is 4.62. The van der Waals surface area contributed by atoms with E-state index >= 15 is 0 Å². The summed E-state index contributed by atoms with van der Waals surface area (Å²) in [6.45, 7) is 9.86. The number of phenolic OH excluding ortho intramolecular Hbond substituents is 2. The molecule has 0 saturated carbocycles. The van der Waals surface area contributed by atoms with E-state index in [0.717, 1.165) is 33.6 Å². The summed E-state index contributed by atoms with van der Waals surface area (Å²) in [5.74, 6) is 2.35. The van der Waals surface area contributed by atoms with Crippen molar-refractivity contribution in [3.63, 3.8) is 0 Å². The zero-order valence-corrected chi connectivity index (χ0v) is 23.1. The summed E-state index contributed by atoms with van der Waals surface area (Å²) in [5, 5.41) is 20.3. The topological polar surface area (TPSA) is 71.4 Å². The van der Waals surface area contributed by atoms with E-state index in [1.807, 2.05) is 43.3 Å². The molecule has 0 radical (unpaired) electrons. The number of phenols is 2. The summed E-state index contributed by atoms with van der Waals surface area (Å²) in [6, 6.07) is 20.9. The molecule has 2 unspecified atom stereocenters. The van der Waals surface area contributed by atoms with Gasteiger partial charge in [-0.15, -0.1) is 0 Å². The number of methoxy groups -OCH3 is 1. The van der Waals surface area contributed by atoms with Crippen LogP contribution < -0.4 is 9.47 Å². The monoisotopic (exact) mass is 517 g/mol. The minimum absolute atomic E-state index is 0.184. The van der Waals surface area contributed by atoms with Crippen LogP contribution in [0.5, 0.6) is 23.0 Å². The maximum atomic E-state index is 10.2. The van der Waals surface area contributed by atoms with Crippen LogP contribution in [0.3, 0.4) is 0 Å². The number of likely N-dealkylation sites (N-methyl/N-ethyl adjacent to an activating group) is 1. The van der Waals surface area contributed by atoms with E-state index in [-0.39, 0.29) is 23.6 Å². The van der Waals surface area contributed by atoms with E-state index < -0.39 is 0 Å². The standard InChI is InChI=1S/C32H39NO5/c1-20(2)29(19-36-6)33(5)21(3)18-37-27-13-10-23(11-14-27)32-31(24-8-7-9-25(34)16-24)22(4)28-17-26(35)12-15-30(28)38-32/h7-17,20-21,29,32,34-35H,18-19H2,1-6H3/t21-,29?,32?/m0/s1. The lowest BCUT2D eigenvalue weighted by Gasteiger charge is -2.35. The highest BCUT2D eigenvalue weighted by Gasteiger charge is 2.30. The highest BCUT2D eigenvalue weighted by Crippen LogP contribution is 2.47. The molecule has 2 N–H and O–H groups in total. The van der Waals surface area contributed by atoms with Crippen LogP contribution in [-0.4, -0.2) is 54.6 Å². The Morgan fingerprint density at radius 3 is 2.29 bits per heavy atom. The van der Waals surface area contributed by atoms with Crippen molar-refractivity contribution in [1.29, 1.82) is 0 Å².